The maximum Gasteiger partial charge on any atom is 0.298 e. The Morgan fingerprint density at radius 1 is 1.28 bits per heavy atom. The zero-order chi connectivity index (χ0) is 12.5. The molecule has 5 nitrogen and oxygen atoms in total. The van der Waals surface area contributed by atoms with E-state index in [0.29, 0.717) is 11.7 Å². The number of nitrogens with two attached hydrogens (primary N) is 1. The zero-order valence-electron chi connectivity index (χ0n) is 10.6. The minimum absolute atomic E-state index is 0.709. The Balaban J connectivity index is 1.82. The fourth-order valence-electron chi connectivity index (χ4n) is 2.32. The van der Waals surface area contributed by atoms with Crippen LogP contribution in [0.1, 0.15) is 6.92 Å². The first-order valence-electron chi connectivity index (χ1n) is 6.39. The van der Waals surface area contributed by atoms with E-state index < -0.39 is 0 Å². The number of anilines is 2. The smallest absolute Gasteiger partial charge is 0.298 e. The Morgan fingerprint density at radius 3 is 2.78 bits per heavy atom. The molecule has 1 fully saturated rings. The molecule has 0 unspecified atom stereocenters. The van der Waals surface area contributed by atoms with Gasteiger partial charge in [-0.1, -0.05) is 6.92 Å². The number of aromatic nitrogens is 1. The molecule has 1 aromatic carbocycles. The largest absolute Gasteiger partial charge is 0.423 e. The Labute approximate surface area is 106 Å². The van der Waals surface area contributed by atoms with E-state index in [2.05, 4.69) is 21.7 Å². The van der Waals surface area contributed by atoms with Gasteiger partial charge in [-0.15, -0.1) is 0 Å². The average Bonchev–Trinajstić information content (AvgIpc) is 2.81. The van der Waals surface area contributed by atoms with Crippen molar-refractivity contribution < 1.29 is 4.42 Å². The van der Waals surface area contributed by atoms with Crippen LogP contribution in [0.15, 0.2) is 22.6 Å². The second kappa shape index (κ2) is 4.49. The summed E-state index contributed by atoms with van der Waals surface area (Å²) in [6, 6.07) is 6.30. The van der Waals surface area contributed by atoms with Crippen LogP contribution in [0.25, 0.3) is 11.1 Å². The van der Waals surface area contributed by atoms with Gasteiger partial charge in [-0.25, -0.2) is 0 Å². The molecule has 1 aliphatic heterocycles. The average molecular weight is 246 g/mol. The Morgan fingerprint density at radius 2 is 2.06 bits per heavy atom. The van der Waals surface area contributed by atoms with Crippen molar-refractivity contribution in [1.29, 1.82) is 0 Å². The summed E-state index contributed by atoms with van der Waals surface area (Å²) in [4.78, 5) is 9.14. The molecule has 18 heavy (non-hydrogen) atoms. The molecule has 1 saturated heterocycles. The summed E-state index contributed by atoms with van der Waals surface area (Å²) >= 11 is 0. The molecule has 0 radical (unpaired) electrons. The van der Waals surface area contributed by atoms with Crippen LogP contribution in [0.3, 0.4) is 0 Å². The number of nitrogen functional groups attached to an aromatic ring is 1. The summed E-state index contributed by atoms with van der Waals surface area (Å²) in [6.45, 7) is 7.37. The Kier molecular flexibility index (Phi) is 2.83. The molecular formula is C13H18N4O. The number of piperazine rings is 1. The molecule has 2 aromatic rings. The van der Waals surface area contributed by atoms with Crippen LogP contribution >= 0.6 is 0 Å². The lowest BCUT2D eigenvalue weighted by Gasteiger charge is -2.32. The van der Waals surface area contributed by atoms with Crippen LogP contribution in [0.4, 0.5) is 11.7 Å². The van der Waals surface area contributed by atoms with Gasteiger partial charge in [0.2, 0.25) is 0 Å². The molecule has 0 atom stereocenters. The molecule has 2 heterocycles. The summed E-state index contributed by atoms with van der Waals surface area (Å²) in [5.74, 6) is 0. The van der Waals surface area contributed by atoms with Crippen molar-refractivity contribution in [3.8, 4) is 0 Å². The van der Waals surface area contributed by atoms with Gasteiger partial charge in [-0.2, -0.15) is 4.98 Å². The van der Waals surface area contributed by atoms with Gasteiger partial charge >= 0.3 is 0 Å². The summed E-state index contributed by atoms with van der Waals surface area (Å²) in [6.07, 6.45) is 0. The van der Waals surface area contributed by atoms with Crippen molar-refractivity contribution in [1.82, 2.24) is 9.88 Å². The van der Waals surface area contributed by atoms with E-state index in [1.165, 1.54) is 0 Å². The summed E-state index contributed by atoms with van der Waals surface area (Å²) < 4.78 is 5.77. The Hall–Kier alpha value is -1.75. The Bertz CT molecular complexity index is 543. The molecule has 0 spiro atoms. The molecule has 2 N–H and O–H groups in total. The van der Waals surface area contributed by atoms with Crippen LogP contribution in [0, 0.1) is 0 Å². The van der Waals surface area contributed by atoms with Gasteiger partial charge in [-0.05, 0) is 18.7 Å². The molecule has 0 saturated carbocycles. The maximum atomic E-state index is 5.77. The van der Waals surface area contributed by atoms with Gasteiger partial charge in [0, 0.05) is 37.9 Å². The van der Waals surface area contributed by atoms with E-state index in [-0.39, 0.29) is 0 Å². The number of nitrogens with zero attached hydrogens (tertiary/aromatic N) is 3. The molecule has 0 bridgehead atoms. The number of likely N-dealkylation sites (N-methyl/N-ethyl adjacent to an activating group) is 1. The highest BCUT2D eigenvalue weighted by Gasteiger charge is 2.19. The number of hydrogen-bond donors (Lipinski definition) is 1. The molecular weight excluding hydrogens is 228 g/mol. The number of hydrogen-bond acceptors (Lipinski definition) is 5. The lowest BCUT2D eigenvalue weighted by molar-refractivity contribution is 0.266. The van der Waals surface area contributed by atoms with Crippen molar-refractivity contribution in [3.63, 3.8) is 0 Å². The van der Waals surface area contributed by atoms with Crippen LogP contribution in [0.2, 0.25) is 0 Å². The van der Waals surface area contributed by atoms with E-state index in [1.807, 2.05) is 18.2 Å². The minimum Gasteiger partial charge on any atom is -0.423 e. The molecule has 1 aromatic heterocycles. The van der Waals surface area contributed by atoms with Crippen molar-refractivity contribution >= 4 is 22.8 Å². The highest BCUT2D eigenvalue weighted by atomic mass is 16.4. The molecule has 0 amide bonds. The van der Waals surface area contributed by atoms with Crippen molar-refractivity contribution in [2.45, 2.75) is 6.92 Å². The molecule has 5 heteroatoms. The lowest BCUT2D eigenvalue weighted by Crippen LogP contribution is -2.46. The lowest BCUT2D eigenvalue weighted by atomic mass is 10.3. The summed E-state index contributed by atoms with van der Waals surface area (Å²) in [5.41, 5.74) is 8.09. The number of benzene rings is 1. The summed E-state index contributed by atoms with van der Waals surface area (Å²) in [7, 11) is 0. The number of oxazole rings is 1. The van der Waals surface area contributed by atoms with Gasteiger partial charge < -0.3 is 20.0 Å². The van der Waals surface area contributed by atoms with Gasteiger partial charge in [0.1, 0.15) is 5.52 Å². The van der Waals surface area contributed by atoms with Crippen LogP contribution < -0.4 is 10.6 Å². The van der Waals surface area contributed by atoms with E-state index >= 15 is 0 Å². The van der Waals surface area contributed by atoms with E-state index in [1.54, 1.807) is 0 Å². The number of fused-ring (bicyclic) bond motifs is 1. The maximum absolute atomic E-state index is 5.77. The second-order valence-corrected chi connectivity index (χ2v) is 4.64. The fraction of sp³-hybridized carbons (Fsp3) is 0.462. The SMILES string of the molecule is CCN1CCN(c2nc3ccc(N)cc3o2)CC1. The molecule has 3 rings (SSSR count). The van der Waals surface area contributed by atoms with Gasteiger partial charge in [-0.3, -0.25) is 0 Å². The third kappa shape index (κ3) is 2.01. The quantitative estimate of drug-likeness (QED) is 0.815. The number of rotatable bonds is 2. The third-order valence-electron chi connectivity index (χ3n) is 3.49. The summed E-state index contributed by atoms with van der Waals surface area (Å²) in [5, 5.41) is 0. The van der Waals surface area contributed by atoms with Crippen molar-refractivity contribution in [3.05, 3.63) is 18.2 Å². The first-order valence-corrected chi connectivity index (χ1v) is 6.39. The van der Waals surface area contributed by atoms with Gasteiger partial charge in [0.15, 0.2) is 5.58 Å². The van der Waals surface area contributed by atoms with Gasteiger partial charge in [0.05, 0.1) is 0 Å². The second-order valence-electron chi connectivity index (χ2n) is 4.64. The zero-order valence-corrected chi connectivity index (χ0v) is 10.6. The monoisotopic (exact) mass is 246 g/mol. The predicted octanol–water partition coefficient (Wildman–Crippen LogP) is 1.55. The van der Waals surface area contributed by atoms with Crippen LogP contribution in [0.5, 0.6) is 0 Å². The highest BCUT2D eigenvalue weighted by Crippen LogP contribution is 2.24. The predicted molar refractivity (Wildman–Crippen MR) is 72.7 cm³/mol. The first kappa shape index (κ1) is 11.3. The van der Waals surface area contributed by atoms with E-state index in [4.69, 9.17) is 10.2 Å². The van der Waals surface area contributed by atoms with Crippen LogP contribution in [-0.2, 0) is 0 Å². The minimum atomic E-state index is 0.709. The van der Waals surface area contributed by atoms with E-state index in [9.17, 15) is 0 Å². The normalized spacial score (nSPS) is 17.5. The topological polar surface area (TPSA) is 58.5 Å². The highest BCUT2D eigenvalue weighted by molar-refractivity contribution is 5.78. The molecule has 1 aliphatic rings. The molecule has 0 aliphatic carbocycles. The molecule has 96 valence electrons. The van der Waals surface area contributed by atoms with Crippen molar-refractivity contribution in [2.75, 3.05) is 43.4 Å². The fourth-order valence-corrected chi connectivity index (χ4v) is 2.32. The van der Waals surface area contributed by atoms with Crippen molar-refractivity contribution in [2.24, 2.45) is 0 Å². The van der Waals surface area contributed by atoms with E-state index in [0.717, 1.165) is 43.8 Å². The van der Waals surface area contributed by atoms with Gasteiger partial charge in [0.25, 0.3) is 6.01 Å². The first-order chi connectivity index (χ1) is 8.76. The standard InChI is InChI=1S/C13H18N4O/c1-2-16-5-7-17(8-6-16)13-15-11-4-3-10(14)9-12(11)18-13/h3-4,9H,2,5-8,14H2,1H3. The third-order valence-corrected chi connectivity index (χ3v) is 3.49. The van der Waals surface area contributed by atoms with Crippen LogP contribution in [-0.4, -0.2) is 42.6 Å².